The predicted octanol–water partition coefficient (Wildman–Crippen LogP) is 4.44. The van der Waals surface area contributed by atoms with Gasteiger partial charge in [-0.05, 0) is 44.2 Å². The van der Waals surface area contributed by atoms with Crippen molar-refractivity contribution in [2.75, 3.05) is 24.3 Å². The van der Waals surface area contributed by atoms with Crippen LogP contribution in [0.15, 0.2) is 42.2 Å². The SMILES string of the molecule is COc1ccccc1Nc1ncnc(NCCC2=CCCCC2)c1[N+](=O)[O-]. The molecule has 0 amide bonds. The Balaban J connectivity index is 1.78. The van der Waals surface area contributed by atoms with E-state index in [0.717, 1.165) is 19.3 Å². The van der Waals surface area contributed by atoms with Gasteiger partial charge in [-0.2, -0.15) is 0 Å². The molecule has 3 rings (SSSR count). The summed E-state index contributed by atoms with van der Waals surface area (Å²) in [6.07, 6.45) is 9.13. The summed E-state index contributed by atoms with van der Waals surface area (Å²) >= 11 is 0. The van der Waals surface area contributed by atoms with E-state index >= 15 is 0 Å². The van der Waals surface area contributed by atoms with E-state index in [1.54, 1.807) is 19.2 Å². The van der Waals surface area contributed by atoms with Gasteiger partial charge in [0.15, 0.2) is 0 Å². The second-order valence-corrected chi connectivity index (χ2v) is 6.29. The third-order valence-electron chi connectivity index (χ3n) is 4.49. The summed E-state index contributed by atoms with van der Waals surface area (Å²) in [7, 11) is 1.54. The Morgan fingerprint density at radius 3 is 2.78 bits per heavy atom. The van der Waals surface area contributed by atoms with Gasteiger partial charge in [0.1, 0.15) is 12.1 Å². The first kappa shape index (κ1) is 18.6. The first-order chi connectivity index (χ1) is 13.2. The molecule has 0 saturated carbocycles. The third-order valence-corrected chi connectivity index (χ3v) is 4.49. The molecule has 142 valence electrons. The average Bonchev–Trinajstić information content (AvgIpc) is 2.69. The fourth-order valence-electron chi connectivity index (χ4n) is 3.12. The number of aromatic nitrogens is 2. The van der Waals surface area contributed by atoms with Crippen LogP contribution in [0.25, 0.3) is 0 Å². The maximum absolute atomic E-state index is 11.7. The lowest BCUT2D eigenvalue weighted by atomic mass is 9.97. The van der Waals surface area contributed by atoms with Crippen LogP contribution >= 0.6 is 0 Å². The van der Waals surface area contributed by atoms with Crippen LogP contribution in [0.4, 0.5) is 23.0 Å². The number of nitrogens with one attached hydrogen (secondary N) is 2. The molecule has 0 unspecified atom stereocenters. The molecule has 8 heteroatoms. The number of anilines is 3. The molecule has 27 heavy (non-hydrogen) atoms. The van der Waals surface area contributed by atoms with Crippen LogP contribution in [-0.4, -0.2) is 28.5 Å². The molecule has 1 heterocycles. The summed E-state index contributed by atoms with van der Waals surface area (Å²) in [4.78, 5) is 19.3. The Morgan fingerprint density at radius 1 is 1.22 bits per heavy atom. The number of allylic oxidation sites excluding steroid dienone is 1. The quantitative estimate of drug-likeness (QED) is 0.403. The summed E-state index contributed by atoms with van der Waals surface area (Å²) in [6, 6.07) is 7.18. The summed E-state index contributed by atoms with van der Waals surface area (Å²) in [6.45, 7) is 0.595. The number of hydrogen-bond donors (Lipinski definition) is 2. The van der Waals surface area contributed by atoms with Crippen molar-refractivity contribution < 1.29 is 9.66 Å². The van der Waals surface area contributed by atoms with Gasteiger partial charge in [0.2, 0.25) is 11.6 Å². The maximum Gasteiger partial charge on any atom is 0.353 e. The van der Waals surface area contributed by atoms with Crippen LogP contribution in [0.3, 0.4) is 0 Å². The highest BCUT2D eigenvalue weighted by Crippen LogP contribution is 2.34. The molecule has 1 aromatic heterocycles. The lowest BCUT2D eigenvalue weighted by Crippen LogP contribution is -2.10. The molecule has 8 nitrogen and oxygen atoms in total. The molecule has 0 saturated heterocycles. The van der Waals surface area contributed by atoms with Gasteiger partial charge in [0.05, 0.1) is 17.7 Å². The molecule has 0 radical (unpaired) electrons. The monoisotopic (exact) mass is 369 g/mol. The average molecular weight is 369 g/mol. The Hall–Kier alpha value is -3.16. The molecular weight excluding hydrogens is 346 g/mol. The smallest absolute Gasteiger partial charge is 0.353 e. The van der Waals surface area contributed by atoms with Crippen LogP contribution < -0.4 is 15.4 Å². The van der Waals surface area contributed by atoms with Crippen molar-refractivity contribution in [2.45, 2.75) is 32.1 Å². The van der Waals surface area contributed by atoms with Crippen molar-refractivity contribution in [3.05, 3.63) is 52.4 Å². The zero-order valence-electron chi connectivity index (χ0n) is 15.3. The normalized spacial score (nSPS) is 13.6. The van der Waals surface area contributed by atoms with Crippen LogP contribution in [0.2, 0.25) is 0 Å². The van der Waals surface area contributed by atoms with Crippen molar-refractivity contribution in [2.24, 2.45) is 0 Å². The van der Waals surface area contributed by atoms with Gasteiger partial charge >= 0.3 is 5.69 Å². The molecule has 2 N–H and O–H groups in total. The Bertz CT molecular complexity index is 838. The van der Waals surface area contributed by atoms with Gasteiger partial charge in [-0.25, -0.2) is 9.97 Å². The van der Waals surface area contributed by atoms with E-state index in [1.807, 2.05) is 12.1 Å². The highest BCUT2D eigenvalue weighted by molar-refractivity contribution is 5.75. The van der Waals surface area contributed by atoms with Gasteiger partial charge in [0.25, 0.3) is 0 Å². The van der Waals surface area contributed by atoms with E-state index in [4.69, 9.17) is 4.74 Å². The van der Waals surface area contributed by atoms with Gasteiger partial charge < -0.3 is 15.4 Å². The molecule has 0 fully saturated rings. The molecule has 0 aliphatic heterocycles. The Labute approximate surface area is 157 Å². The number of rotatable bonds is 8. The van der Waals surface area contributed by atoms with E-state index in [-0.39, 0.29) is 17.3 Å². The standard InChI is InChI=1S/C19H23N5O3/c1-27-16-10-6-5-9-15(16)23-19-17(24(25)26)18(21-13-22-19)20-12-11-14-7-3-2-4-8-14/h5-7,9-10,13H,2-4,8,11-12H2,1H3,(H2,20,21,22,23). The van der Waals surface area contributed by atoms with Crippen LogP contribution in [-0.2, 0) is 0 Å². The fraction of sp³-hybridized carbons (Fsp3) is 0.368. The summed E-state index contributed by atoms with van der Waals surface area (Å²) in [5, 5.41) is 17.7. The van der Waals surface area contributed by atoms with Crippen molar-refractivity contribution >= 4 is 23.0 Å². The molecule has 1 aliphatic carbocycles. The number of nitrogens with zero attached hydrogens (tertiary/aromatic N) is 3. The van der Waals surface area contributed by atoms with E-state index in [9.17, 15) is 10.1 Å². The summed E-state index contributed by atoms with van der Waals surface area (Å²) in [5.74, 6) is 0.909. The number of methoxy groups -OCH3 is 1. The first-order valence-corrected chi connectivity index (χ1v) is 9.00. The molecular formula is C19H23N5O3. The van der Waals surface area contributed by atoms with E-state index in [0.29, 0.717) is 18.0 Å². The lowest BCUT2D eigenvalue weighted by molar-refractivity contribution is -0.383. The largest absolute Gasteiger partial charge is 0.495 e. The third kappa shape index (κ3) is 4.72. The van der Waals surface area contributed by atoms with E-state index in [1.165, 1.54) is 24.7 Å². The number of ether oxygens (including phenoxy) is 1. The zero-order valence-corrected chi connectivity index (χ0v) is 15.3. The minimum atomic E-state index is -0.472. The molecule has 2 aromatic rings. The van der Waals surface area contributed by atoms with E-state index in [2.05, 4.69) is 26.7 Å². The van der Waals surface area contributed by atoms with Crippen LogP contribution in [0, 0.1) is 10.1 Å². The topological polar surface area (TPSA) is 102 Å². The highest BCUT2D eigenvalue weighted by Gasteiger charge is 2.23. The molecule has 0 bridgehead atoms. The zero-order chi connectivity index (χ0) is 19.1. The molecule has 1 aromatic carbocycles. The minimum Gasteiger partial charge on any atom is -0.495 e. The number of nitro groups is 1. The van der Waals surface area contributed by atoms with Crippen molar-refractivity contribution in [1.29, 1.82) is 0 Å². The summed E-state index contributed by atoms with van der Waals surface area (Å²) < 4.78 is 5.28. The van der Waals surface area contributed by atoms with Gasteiger partial charge in [-0.3, -0.25) is 10.1 Å². The van der Waals surface area contributed by atoms with Crippen molar-refractivity contribution in [1.82, 2.24) is 9.97 Å². The Morgan fingerprint density at radius 2 is 2.04 bits per heavy atom. The molecule has 0 spiro atoms. The Kier molecular flexibility index (Phi) is 6.19. The minimum absolute atomic E-state index is 0.124. The van der Waals surface area contributed by atoms with Gasteiger partial charge in [-0.15, -0.1) is 0 Å². The second-order valence-electron chi connectivity index (χ2n) is 6.29. The highest BCUT2D eigenvalue weighted by atomic mass is 16.6. The maximum atomic E-state index is 11.7. The fourth-order valence-corrected chi connectivity index (χ4v) is 3.12. The number of para-hydroxylation sites is 2. The predicted molar refractivity (Wildman–Crippen MR) is 105 cm³/mol. The first-order valence-electron chi connectivity index (χ1n) is 9.00. The van der Waals surface area contributed by atoms with Gasteiger partial charge in [-0.1, -0.05) is 23.8 Å². The lowest BCUT2D eigenvalue weighted by Gasteiger charge is -2.14. The number of benzene rings is 1. The van der Waals surface area contributed by atoms with Crippen molar-refractivity contribution in [3.8, 4) is 5.75 Å². The molecule has 0 atom stereocenters. The second kappa shape index (κ2) is 8.98. The number of hydrogen-bond acceptors (Lipinski definition) is 7. The van der Waals surface area contributed by atoms with E-state index < -0.39 is 4.92 Å². The molecule has 1 aliphatic rings. The van der Waals surface area contributed by atoms with Crippen LogP contribution in [0.1, 0.15) is 32.1 Å². The summed E-state index contributed by atoms with van der Waals surface area (Å²) in [5.41, 5.74) is 1.82. The van der Waals surface area contributed by atoms with Gasteiger partial charge in [0, 0.05) is 6.54 Å². The van der Waals surface area contributed by atoms with Crippen LogP contribution in [0.5, 0.6) is 5.75 Å². The van der Waals surface area contributed by atoms with Crippen molar-refractivity contribution in [3.63, 3.8) is 0 Å².